The van der Waals surface area contributed by atoms with Gasteiger partial charge in [0.25, 0.3) is 0 Å². The normalized spacial score (nSPS) is 34.8. The lowest BCUT2D eigenvalue weighted by molar-refractivity contribution is -0.00944. The molecular weight excluding hydrogens is 831 g/mol. The summed E-state index contributed by atoms with van der Waals surface area (Å²) in [6.07, 6.45) is 4.25. The van der Waals surface area contributed by atoms with Gasteiger partial charge in [-0.25, -0.2) is 0 Å². The molecule has 8 bridgehead atoms. The summed E-state index contributed by atoms with van der Waals surface area (Å²) in [7, 11) is -8.67. The molecule has 5 heteroatoms. The van der Waals surface area contributed by atoms with Crippen LogP contribution in [-0.4, -0.2) is 0 Å². The molecule has 0 saturated carbocycles. The SMILES string of the molecule is CC1=C(c2ccccc2)[C@]23Cc4ccccc4[C@@]24[C@@]2(c5c(C)ccc6ccccc56)CC=C(c5ccccc5)[C@@]35Cc3ccccc3[C@@]53[C@]1(c1c(C)ccc5ccccc15)P4(=O)O[P@]32=O. The van der Waals surface area contributed by atoms with Crippen LogP contribution in [0.5, 0.6) is 0 Å². The van der Waals surface area contributed by atoms with E-state index in [1.54, 1.807) is 0 Å². The molecule has 19 rings (SSSR count). The monoisotopic (exact) mass is 876 g/mol. The van der Waals surface area contributed by atoms with Crippen LogP contribution in [0.4, 0.5) is 0 Å². The summed E-state index contributed by atoms with van der Waals surface area (Å²) in [6.45, 7) is 6.73. The highest BCUT2D eigenvalue weighted by Gasteiger charge is 3.12. The maximum absolute atomic E-state index is 19.4. The minimum Gasteiger partial charge on any atom is -0.290 e. The van der Waals surface area contributed by atoms with E-state index in [0.717, 1.165) is 71.6 Å². The number of fused-ring (bicyclic) bond motifs is 5. The molecule has 0 amide bonds. The molecule has 4 aliphatic carbocycles. The fourth-order valence-electron chi connectivity index (χ4n) is 17.5. The van der Waals surface area contributed by atoms with E-state index in [1.165, 1.54) is 22.3 Å². The number of allylic oxidation sites excluding steroid dienone is 4. The Morgan fingerprint density at radius 2 is 0.985 bits per heavy atom. The molecule has 1 unspecified atom stereocenters. The van der Waals surface area contributed by atoms with Crippen LogP contribution in [0, 0.1) is 24.7 Å². The third kappa shape index (κ3) is 3.26. The highest BCUT2D eigenvalue weighted by molar-refractivity contribution is 7.83. The van der Waals surface area contributed by atoms with Gasteiger partial charge in [0.1, 0.15) is 15.5 Å². The van der Waals surface area contributed by atoms with Gasteiger partial charge in [0.2, 0.25) is 14.7 Å². The average Bonchev–Trinajstić information content (AvgIpc) is 3.92. The molecule has 11 aliphatic rings. The van der Waals surface area contributed by atoms with Crippen molar-refractivity contribution >= 4 is 47.4 Å². The molecule has 0 N–H and O–H groups in total. The number of rotatable bonds is 4. The summed E-state index contributed by atoms with van der Waals surface area (Å²) in [4.78, 5) is 0. The van der Waals surface area contributed by atoms with Crippen molar-refractivity contribution in [1.29, 1.82) is 0 Å². The Hall–Kier alpha value is -5.82. The van der Waals surface area contributed by atoms with E-state index in [0.29, 0.717) is 19.3 Å². The highest BCUT2D eigenvalue weighted by atomic mass is 31.2. The highest BCUT2D eigenvalue weighted by Crippen LogP contribution is 3.22. The second-order valence-corrected chi connectivity index (χ2v) is 25.8. The Morgan fingerprint density at radius 3 is 1.63 bits per heavy atom. The number of benzene rings is 8. The van der Waals surface area contributed by atoms with Crippen LogP contribution < -0.4 is 0 Å². The molecule has 4 spiro atoms. The van der Waals surface area contributed by atoms with Crippen molar-refractivity contribution in [2.75, 3.05) is 0 Å². The summed E-state index contributed by atoms with van der Waals surface area (Å²) >= 11 is 0. The Labute approximate surface area is 379 Å². The molecule has 0 radical (unpaired) electrons. The van der Waals surface area contributed by atoms with Gasteiger partial charge in [-0.1, -0.05) is 188 Å². The fraction of sp³-hybridized carbons (Fsp3) is 0.200. The topological polar surface area (TPSA) is 43.4 Å². The summed E-state index contributed by atoms with van der Waals surface area (Å²) in [6, 6.07) is 66.2. The first-order valence-corrected chi connectivity index (χ1v) is 26.5. The van der Waals surface area contributed by atoms with E-state index in [-0.39, 0.29) is 0 Å². The van der Waals surface area contributed by atoms with Crippen molar-refractivity contribution in [1.82, 2.24) is 0 Å². The van der Waals surface area contributed by atoms with E-state index < -0.39 is 46.2 Å². The number of hydrogen-bond donors (Lipinski definition) is 0. The Kier molecular flexibility index (Phi) is 6.66. The molecule has 5 fully saturated rings. The summed E-state index contributed by atoms with van der Waals surface area (Å²) in [5, 5.41) is -0.838. The summed E-state index contributed by atoms with van der Waals surface area (Å²) < 4.78 is 47.0. The zero-order valence-corrected chi connectivity index (χ0v) is 38.4. The number of aryl methyl sites for hydroxylation is 2. The van der Waals surface area contributed by atoms with Crippen LogP contribution >= 0.6 is 14.7 Å². The van der Waals surface area contributed by atoms with E-state index >= 15 is 9.13 Å². The van der Waals surface area contributed by atoms with Crippen LogP contribution in [0.25, 0.3) is 32.7 Å². The minimum atomic E-state index is -4.34. The van der Waals surface area contributed by atoms with Gasteiger partial charge in [-0.05, 0) is 134 Å². The molecule has 8 atom stereocenters. The van der Waals surface area contributed by atoms with Crippen molar-refractivity contribution in [3.8, 4) is 0 Å². The Bertz CT molecular complexity index is 3700. The summed E-state index contributed by atoms with van der Waals surface area (Å²) in [5.41, 5.74) is 12.8. The lowest BCUT2D eigenvalue weighted by Gasteiger charge is -2.81. The average molecular weight is 877 g/mol. The van der Waals surface area contributed by atoms with Gasteiger partial charge in [0.15, 0.2) is 0 Å². The van der Waals surface area contributed by atoms with Gasteiger partial charge in [-0.3, -0.25) is 13.4 Å². The molecule has 3 nitrogen and oxygen atoms in total. The number of hydrogen-bond acceptors (Lipinski definition) is 3. The maximum Gasteiger partial charge on any atom is 0.237 e. The predicted octanol–water partition coefficient (Wildman–Crippen LogP) is 15.2. The molecule has 65 heavy (non-hydrogen) atoms. The maximum atomic E-state index is 19.4. The zero-order chi connectivity index (χ0) is 43.6. The molecule has 7 aliphatic heterocycles. The Balaban J connectivity index is 1.33. The lowest BCUT2D eigenvalue weighted by Crippen LogP contribution is -2.81. The van der Waals surface area contributed by atoms with Crippen molar-refractivity contribution < 1.29 is 13.4 Å². The van der Waals surface area contributed by atoms with Crippen LogP contribution in [0.3, 0.4) is 0 Å². The molecule has 7 heterocycles. The smallest absolute Gasteiger partial charge is 0.237 e. The van der Waals surface area contributed by atoms with Crippen LogP contribution in [0.15, 0.2) is 194 Å². The first-order chi connectivity index (χ1) is 31.7. The minimum absolute atomic E-state index is 0.431. The largest absolute Gasteiger partial charge is 0.290 e. The summed E-state index contributed by atoms with van der Waals surface area (Å²) in [5.74, 6) is 0. The van der Waals surface area contributed by atoms with Crippen LogP contribution in [0.1, 0.15) is 69.0 Å². The molecule has 8 aromatic carbocycles. The van der Waals surface area contributed by atoms with Crippen molar-refractivity contribution in [3.63, 3.8) is 0 Å². The van der Waals surface area contributed by atoms with Crippen molar-refractivity contribution in [2.24, 2.45) is 10.8 Å². The fourth-order valence-corrected chi connectivity index (χ4v) is 31.2. The van der Waals surface area contributed by atoms with Gasteiger partial charge >= 0.3 is 0 Å². The predicted molar refractivity (Wildman–Crippen MR) is 264 cm³/mol. The first kappa shape index (κ1) is 37.4. The van der Waals surface area contributed by atoms with Gasteiger partial charge in [-0.15, -0.1) is 0 Å². The molecule has 8 aromatic rings. The lowest BCUT2D eigenvalue weighted by atomic mass is 9.37. The van der Waals surface area contributed by atoms with Gasteiger partial charge in [-0.2, -0.15) is 0 Å². The van der Waals surface area contributed by atoms with Crippen molar-refractivity contribution in [2.45, 2.75) is 60.7 Å². The van der Waals surface area contributed by atoms with Crippen LogP contribution in [-0.2, 0) is 46.9 Å². The standard InChI is InChI=1S/C60H46O3P2/c1-38-30-32-41-18-10-14-26-47(41)52(38)57-35-34-49(43-20-6-4-7-21-43)55-36-45-24-13-17-29-51(45)60(55)58(53-39(2)31-33-42-19-11-15-27-48(42)53)40(3)54(44-22-8-5-9-23-44)56(55)37-46-25-12-16-28-50(46)59(56,57)65(58,62)63-64(57,60)61/h4-34H,35-37H2,1-3H3/t55-,56-,57-,58-,59-,60-,64-,65?/m0/s1. The molecular formula is C60H46O3P2. The van der Waals surface area contributed by atoms with E-state index in [1.807, 2.05) is 0 Å². The second-order valence-electron chi connectivity index (χ2n) is 20.2. The third-order valence-corrected chi connectivity index (χ3v) is 27.9. The van der Waals surface area contributed by atoms with Gasteiger partial charge in [0, 0.05) is 10.8 Å². The third-order valence-electron chi connectivity index (χ3n) is 18.5. The van der Waals surface area contributed by atoms with Gasteiger partial charge < -0.3 is 0 Å². The first-order valence-electron chi connectivity index (χ1n) is 23.3. The van der Waals surface area contributed by atoms with Crippen molar-refractivity contribution in [3.05, 3.63) is 249 Å². The second kappa shape index (κ2) is 11.6. The van der Waals surface area contributed by atoms with E-state index in [9.17, 15) is 0 Å². The molecule has 5 saturated heterocycles. The molecule has 0 aromatic heterocycles. The van der Waals surface area contributed by atoms with E-state index in [4.69, 9.17) is 4.31 Å². The Morgan fingerprint density at radius 1 is 0.477 bits per heavy atom. The zero-order valence-electron chi connectivity index (χ0n) is 36.6. The molecule has 314 valence electrons. The quantitative estimate of drug-likeness (QED) is 0.165. The van der Waals surface area contributed by atoms with E-state index in [2.05, 4.69) is 209 Å². The van der Waals surface area contributed by atoms with Crippen LogP contribution in [0.2, 0.25) is 0 Å². The van der Waals surface area contributed by atoms with Gasteiger partial charge in [0.05, 0.1) is 5.16 Å².